The number of hydrogen-bond acceptors (Lipinski definition) is 3. The molecule has 0 spiro atoms. The zero-order chi connectivity index (χ0) is 9.84. The van der Waals surface area contributed by atoms with Crippen molar-refractivity contribution in [1.29, 1.82) is 0 Å². The molecule has 70 valence electrons. The molecular weight excluding hydrogens is 170 g/mol. The van der Waals surface area contributed by atoms with E-state index in [0.717, 1.165) is 5.56 Å². The number of hydrogen-bond donors (Lipinski definition) is 1. The highest BCUT2D eigenvalue weighted by Crippen LogP contribution is 2.15. The van der Waals surface area contributed by atoms with Gasteiger partial charge in [-0.05, 0) is 6.92 Å². The molecule has 1 unspecified atom stereocenters. The first-order valence-corrected chi connectivity index (χ1v) is 3.96. The fourth-order valence-electron chi connectivity index (χ4n) is 1.08. The lowest BCUT2D eigenvalue weighted by molar-refractivity contribution is -0.532. The van der Waals surface area contributed by atoms with Gasteiger partial charge in [0.2, 0.25) is 0 Å². The van der Waals surface area contributed by atoms with Gasteiger partial charge in [-0.1, -0.05) is 29.8 Å². The van der Waals surface area contributed by atoms with Gasteiger partial charge in [0.15, 0.2) is 0 Å². The summed E-state index contributed by atoms with van der Waals surface area (Å²) in [6.45, 7) is 1.44. The summed E-state index contributed by atoms with van der Waals surface area (Å²) in [4.78, 5) is 9.98. The number of benzene rings is 1. The summed E-state index contributed by atoms with van der Waals surface area (Å²) in [5.41, 5.74) is 1.59. The molecule has 1 aromatic rings. The van der Waals surface area contributed by atoms with Crippen LogP contribution in [0.15, 0.2) is 24.3 Å². The largest absolute Gasteiger partial charge is 0.389 e. The number of aliphatic hydroxyl groups is 1. The van der Waals surface area contributed by atoms with Gasteiger partial charge in [0.05, 0.1) is 0 Å². The van der Waals surface area contributed by atoms with Gasteiger partial charge in [0.25, 0.3) is 6.04 Å². The van der Waals surface area contributed by atoms with E-state index in [4.69, 9.17) is 5.11 Å². The third-order valence-electron chi connectivity index (χ3n) is 1.89. The third-order valence-corrected chi connectivity index (χ3v) is 1.89. The van der Waals surface area contributed by atoms with Crippen LogP contribution in [0.2, 0.25) is 0 Å². The SMILES string of the molecule is Cc1ccc(C(CO)[N+](=O)[O-])cc1. The average molecular weight is 181 g/mol. The Morgan fingerprint density at radius 3 is 2.38 bits per heavy atom. The van der Waals surface area contributed by atoms with Crippen LogP contribution in [-0.2, 0) is 0 Å². The Bertz CT molecular complexity index is 294. The lowest BCUT2D eigenvalue weighted by Gasteiger charge is -2.06. The van der Waals surface area contributed by atoms with Gasteiger partial charge in [-0.2, -0.15) is 0 Å². The Kier molecular flexibility index (Phi) is 2.97. The van der Waals surface area contributed by atoms with E-state index < -0.39 is 17.6 Å². The van der Waals surface area contributed by atoms with E-state index in [9.17, 15) is 10.1 Å². The minimum atomic E-state index is -0.999. The number of aryl methyl sites for hydroxylation is 1. The van der Waals surface area contributed by atoms with Crippen molar-refractivity contribution in [3.05, 3.63) is 45.5 Å². The molecular formula is C9H11NO3. The second-order valence-electron chi connectivity index (χ2n) is 2.89. The summed E-state index contributed by atoms with van der Waals surface area (Å²) in [6.07, 6.45) is 0. The molecule has 0 saturated heterocycles. The monoisotopic (exact) mass is 181 g/mol. The molecule has 1 atom stereocenters. The van der Waals surface area contributed by atoms with Crippen molar-refractivity contribution in [3.63, 3.8) is 0 Å². The Balaban J connectivity index is 2.92. The van der Waals surface area contributed by atoms with E-state index in [0.29, 0.717) is 5.56 Å². The van der Waals surface area contributed by atoms with E-state index in [2.05, 4.69) is 0 Å². The summed E-state index contributed by atoms with van der Waals surface area (Å²) >= 11 is 0. The molecule has 0 radical (unpaired) electrons. The standard InChI is InChI=1S/C9H11NO3/c1-7-2-4-8(5-3-7)9(6-11)10(12)13/h2-5,9,11H,6H2,1H3. The van der Waals surface area contributed by atoms with Gasteiger partial charge in [-0.15, -0.1) is 0 Å². The van der Waals surface area contributed by atoms with Crippen molar-refractivity contribution in [2.24, 2.45) is 0 Å². The van der Waals surface area contributed by atoms with Crippen molar-refractivity contribution in [3.8, 4) is 0 Å². The van der Waals surface area contributed by atoms with Crippen LogP contribution in [0.5, 0.6) is 0 Å². The van der Waals surface area contributed by atoms with Crippen LogP contribution in [0.1, 0.15) is 17.2 Å². The van der Waals surface area contributed by atoms with Crippen molar-refractivity contribution < 1.29 is 10.0 Å². The molecule has 0 aliphatic heterocycles. The van der Waals surface area contributed by atoms with Crippen LogP contribution in [0.25, 0.3) is 0 Å². The Hall–Kier alpha value is -1.42. The highest BCUT2D eigenvalue weighted by Gasteiger charge is 2.20. The van der Waals surface area contributed by atoms with Crippen LogP contribution in [-0.4, -0.2) is 16.6 Å². The lowest BCUT2D eigenvalue weighted by atomic mass is 10.1. The molecule has 0 aromatic heterocycles. The highest BCUT2D eigenvalue weighted by atomic mass is 16.6. The average Bonchev–Trinajstić information content (AvgIpc) is 2.09. The predicted molar refractivity (Wildman–Crippen MR) is 48.0 cm³/mol. The molecule has 0 aliphatic carbocycles. The van der Waals surface area contributed by atoms with Gasteiger partial charge >= 0.3 is 0 Å². The summed E-state index contributed by atoms with van der Waals surface area (Å²) in [5.74, 6) is 0. The van der Waals surface area contributed by atoms with Crippen LogP contribution in [0, 0.1) is 17.0 Å². The van der Waals surface area contributed by atoms with Crippen molar-refractivity contribution >= 4 is 0 Å². The lowest BCUT2D eigenvalue weighted by Crippen LogP contribution is -2.14. The Morgan fingerprint density at radius 1 is 1.46 bits per heavy atom. The molecule has 0 fully saturated rings. The van der Waals surface area contributed by atoms with Gasteiger partial charge in [-0.3, -0.25) is 10.1 Å². The molecule has 1 rings (SSSR count). The zero-order valence-electron chi connectivity index (χ0n) is 7.30. The topological polar surface area (TPSA) is 63.4 Å². The quantitative estimate of drug-likeness (QED) is 0.564. The molecule has 4 nitrogen and oxygen atoms in total. The molecule has 0 aliphatic rings. The number of nitrogens with zero attached hydrogens (tertiary/aromatic N) is 1. The highest BCUT2D eigenvalue weighted by molar-refractivity contribution is 5.23. The molecule has 1 aromatic carbocycles. The number of rotatable bonds is 3. The number of nitro groups is 1. The predicted octanol–water partition coefficient (Wildman–Crippen LogP) is 1.31. The minimum absolute atomic E-state index is 0.462. The molecule has 1 N–H and O–H groups in total. The number of aliphatic hydroxyl groups excluding tert-OH is 1. The van der Waals surface area contributed by atoms with Crippen LogP contribution >= 0.6 is 0 Å². The zero-order valence-corrected chi connectivity index (χ0v) is 7.30. The van der Waals surface area contributed by atoms with Gasteiger partial charge in [-0.25, -0.2) is 0 Å². The normalized spacial score (nSPS) is 12.5. The first kappa shape index (κ1) is 9.67. The summed E-state index contributed by atoms with van der Waals surface area (Å²) in [5, 5.41) is 19.2. The molecule has 0 heterocycles. The maximum Gasteiger partial charge on any atom is 0.260 e. The van der Waals surface area contributed by atoms with Gasteiger partial charge < -0.3 is 5.11 Å². The summed E-state index contributed by atoms with van der Waals surface area (Å²) in [6, 6.07) is 5.92. The van der Waals surface area contributed by atoms with E-state index in [1.165, 1.54) is 0 Å². The minimum Gasteiger partial charge on any atom is -0.389 e. The molecule has 0 bridgehead atoms. The van der Waals surface area contributed by atoms with Crippen molar-refractivity contribution in [2.75, 3.05) is 6.61 Å². The molecule has 0 saturated carbocycles. The van der Waals surface area contributed by atoms with Crippen molar-refractivity contribution in [2.45, 2.75) is 13.0 Å². The molecule has 0 amide bonds. The fraction of sp³-hybridized carbons (Fsp3) is 0.333. The second-order valence-corrected chi connectivity index (χ2v) is 2.89. The second kappa shape index (κ2) is 4.00. The summed E-state index contributed by atoms with van der Waals surface area (Å²) in [7, 11) is 0. The van der Waals surface area contributed by atoms with Crippen LogP contribution < -0.4 is 0 Å². The van der Waals surface area contributed by atoms with E-state index in [1.54, 1.807) is 24.3 Å². The smallest absolute Gasteiger partial charge is 0.260 e. The maximum atomic E-state index is 10.5. The van der Waals surface area contributed by atoms with E-state index >= 15 is 0 Å². The summed E-state index contributed by atoms with van der Waals surface area (Å²) < 4.78 is 0. The fourth-order valence-corrected chi connectivity index (χ4v) is 1.08. The van der Waals surface area contributed by atoms with Gasteiger partial charge in [0, 0.05) is 10.5 Å². The maximum absolute atomic E-state index is 10.5. The Labute approximate surface area is 76.0 Å². The van der Waals surface area contributed by atoms with Crippen molar-refractivity contribution in [1.82, 2.24) is 0 Å². The van der Waals surface area contributed by atoms with Crippen LogP contribution in [0.4, 0.5) is 0 Å². The third kappa shape index (κ3) is 2.26. The first-order valence-electron chi connectivity index (χ1n) is 3.96. The van der Waals surface area contributed by atoms with E-state index in [1.807, 2.05) is 6.92 Å². The Morgan fingerprint density at radius 2 is 2.00 bits per heavy atom. The van der Waals surface area contributed by atoms with Crippen LogP contribution in [0.3, 0.4) is 0 Å². The van der Waals surface area contributed by atoms with E-state index in [-0.39, 0.29) is 0 Å². The molecule has 13 heavy (non-hydrogen) atoms. The van der Waals surface area contributed by atoms with Gasteiger partial charge in [0.1, 0.15) is 6.61 Å². The molecule has 4 heteroatoms. The first-order chi connectivity index (χ1) is 6.15.